The van der Waals surface area contributed by atoms with Gasteiger partial charge in [-0.3, -0.25) is 9.69 Å². The summed E-state index contributed by atoms with van der Waals surface area (Å²) in [5.41, 5.74) is 1.37. The van der Waals surface area contributed by atoms with E-state index in [1.54, 1.807) is 7.11 Å². The molecule has 3 rings (SSSR count). The average molecular weight is 316 g/mol. The molecule has 0 saturated carbocycles. The van der Waals surface area contributed by atoms with Crippen molar-refractivity contribution in [1.82, 2.24) is 9.80 Å². The summed E-state index contributed by atoms with van der Waals surface area (Å²) in [7, 11) is 1.66. The van der Waals surface area contributed by atoms with E-state index in [0.29, 0.717) is 25.1 Å². The molecule has 2 saturated heterocycles. The quantitative estimate of drug-likeness (QED) is 0.809. The summed E-state index contributed by atoms with van der Waals surface area (Å²) in [6.07, 6.45) is 5.26. The van der Waals surface area contributed by atoms with E-state index in [9.17, 15) is 4.79 Å². The highest BCUT2D eigenvalue weighted by molar-refractivity contribution is 5.77. The highest BCUT2D eigenvalue weighted by atomic mass is 16.5. The third-order valence-electron chi connectivity index (χ3n) is 5.23. The minimum absolute atomic E-state index is 0.265. The van der Waals surface area contributed by atoms with Gasteiger partial charge >= 0.3 is 0 Å². The second-order valence-electron chi connectivity index (χ2n) is 6.71. The van der Waals surface area contributed by atoms with E-state index in [1.807, 2.05) is 0 Å². The molecule has 0 N–H and O–H groups in total. The Morgan fingerprint density at radius 1 is 1.13 bits per heavy atom. The first-order chi connectivity index (χ1) is 11.3. The van der Waals surface area contributed by atoms with Gasteiger partial charge in [0.15, 0.2) is 0 Å². The molecule has 0 radical (unpaired) electrons. The molecule has 23 heavy (non-hydrogen) atoms. The number of carbonyl (C=O) groups excluding carboxylic acids is 1. The van der Waals surface area contributed by atoms with Crippen molar-refractivity contribution in [3.63, 3.8) is 0 Å². The molecule has 4 heteroatoms. The zero-order chi connectivity index (χ0) is 16.1. The van der Waals surface area contributed by atoms with Gasteiger partial charge < -0.3 is 9.64 Å². The van der Waals surface area contributed by atoms with Crippen molar-refractivity contribution in [2.75, 3.05) is 26.8 Å². The molecule has 2 fully saturated rings. The summed E-state index contributed by atoms with van der Waals surface area (Å²) < 4.78 is 5.07. The number of hydrogen-bond acceptors (Lipinski definition) is 3. The minimum atomic E-state index is 0.265. The maximum absolute atomic E-state index is 12.5. The predicted molar refractivity (Wildman–Crippen MR) is 91.1 cm³/mol. The topological polar surface area (TPSA) is 32.8 Å². The van der Waals surface area contributed by atoms with Crippen molar-refractivity contribution in [2.24, 2.45) is 0 Å². The maximum atomic E-state index is 12.5. The van der Waals surface area contributed by atoms with Gasteiger partial charge in [0, 0.05) is 32.3 Å². The largest absolute Gasteiger partial charge is 0.384 e. The van der Waals surface area contributed by atoms with Gasteiger partial charge in [0.05, 0.1) is 13.0 Å². The summed E-state index contributed by atoms with van der Waals surface area (Å²) in [6.45, 7) is 3.60. The van der Waals surface area contributed by atoms with Crippen LogP contribution in [-0.2, 0) is 16.1 Å². The van der Waals surface area contributed by atoms with E-state index in [1.165, 1.54) is 18.4 Å². The molecule has 1 aromatic carbocycles. The Labute approximate surface area is 139 Å². The Bertz CT molecular complexity index is 505. The predicted octanol–water partition coefficient (Wildman–Crippen LogP) is 2.68. The van der Waals surface area contributed by atoms with Crippen molar-refractivity contribution < 1.29 is 9.53 Å². The van der Waals surface area contributed by atoms with Crippen molar-refractivity contribution in [1.29, 1.82) is 0 Å². The molecule has 0 spiro atoms. The summed E-state index contributed by atoms with van der Waals surface area (Å²) in [4.78, 5) is 17.2. The molecule has 4 nitrogen and oxygen atoms in total. The van der Waals surface area contributed by atoms with Crippen LogP contribution in [0.5, 0.6) is 0 Å². The van der Waals surface area contributed by atoms with Crippen LogP contribution in [0.25, 0.3) is 0 Å². The third kappa shape index (κ3) is 3.93. The van der Waals surface area contributed by atoms with Crippen LogP contribution in [0.4, 0.5) is 0 Å². The minimum Gasteiger partial charge on any atom is -0.384 e. The van der Waals surface area contributed by atoms with Gasteiger partial charge in [0.1, 0.15) is 0 Å². The molecule has 0 bridgehead atoms. The number of nitrogens with zero attached hydrogens (tertiary/aromatic N) is 2. The lowest BCUT2D eigenvalue weighted by molar-refractivity contribution is -0.134. The zero-order valence-electron chi connectivity index (χ0n) is 14.1. The van der Waals surface area contributed by atoms with Gasteiger partial charge in [-0.15, -0.1) is 0 Å². The maximum Gasteiger partial charge on any atom is 0.225 e. The Balaban J connectivity index is 1.65. The average Bonchev–Trinajstić information content (AvgIpc) is 3.22. The van der Waals surface area contributed by atoms with Gasteiger partial charge in [0.25, 0.3) is 0 Å². The molecule has 2 aliphatic rings. The highest BCUT2D eigenvalue weighted by Gasteiger charge is 2.39. The number of amides is 1. The Morgan fingerprint density at radius 3 is 2.65 bits per heavy atom. The van der Waals surface area contributed by atoms with Crippen molar-refractivity contribution in [3.05, 3.63) is 35.9 Å². The van der Waals surface area contributed by atoms with E-state index in [2.05, 4.69) is 40.1 Å². The molecule has 1 aromatic rings. The van der Waals surface area contributed by atoms with E-state index in [0.717, 1.165) is 32.5 Å². The van der Waals surface area contributed by atoms with E-state index >= 15 is 0 Å². The van der Waals surface area contributed by atoms with Gasteiger partial charge in [-0.2, -0.15) is 0 Å². The number of ether oxygens (including phenoxy) is 1. The van der Waals surface area contributed by atoms with Crippen LogP contribution in [-0.4, -0.2) is 54.6 Å². The molecule has 0 unspecified atom stereocenters. The zero-order valence-corrected chi connectivity index (χ0v) is 14.1. The normalized spacial score (nSPS) is 25.2. The molecular formula is C19H28N2O2. The monoisotopic (exact) mass is 316 g/mol. The molecule has 126 valence electrons. The standard InChI is InChI=1S/C19H28N2O2/c1-23-14-11-19(22)21-13-6-10-18(21)17-9-5-12-20(17)15-16-7-3-2-4-8-16/h2-4,7-8,17-18H,5-6,9-15H2,1H3/t17-,18+/m0/s1. The van der Waals surface area contributed by atoms with Crippen LogP contribution < -0.4 is 0 Å². The van der Waals surface area contributed by atoms with Crippen LogP contribution in [0.1, 0.15) is 37.7 Å². The highest BCUT2D eigenvalue weighted by Crippen LogP contribution is 2.31. The second-order valence-corrected chi connectivity index (χ2v) is 6.71. The van der Waals surface area contributed by atoms with Crippen LogP contribution >= 0.6 is 0 Å². The number of carbonyl (C=O) groups is 1. The van der Waals surface area contributed by atoms with Crippen LogP contribution in [0, 0.1) is 0 Å². The van der Waals surface area contributed by atoms with Crippen LogP contribution in [0.2, 0.25) is 0 Å². The number of rotatable bonds is 6. The fraction of sp³-hybridized carbons (Fsp3) is 0.632. The van der Waals surface area contributed by atoms with Crippen molar-refractivity contribution in [3.8, 4) is 0 Å². The van der Waals surface area contributed by atoms with Crippen molar-refractivity contribution >= 4 is 5.91 Å². The molecule has 2 heterocycles. The summed E-state index contributed by atoms with van der Waals surface area (Å²) in [5, 5.41) is 0. The van der Waals surface area contributed by atoms with E-state index in [-0.39, 0.29) is 5.91 Å². The number of hydrogen-bond donors (Lipinski definition) is 0. The Morgan fingerprint density at radius 2 is 1.87 bits per heavy atom. The lowest BCUT2D eigenvalue weighted by atomic mass is 10.0. The SMILES string of the molecule is COCCC(=O)N1CCC[C@@H]1[C@@H]1CCCN1Cc1ccccc1. The molecule has 2 aliphatic heterocycles. The molecular weight excluding hydrogens is 288 g/mol. The summed E-state index contributed by atoms with van der Waals surface area (Å²) in [5.74, 6) is 0.265. The molecule has 0 aliphatic carbocycles. The number of benzene rings is 1. The van der Waals surface area contributed by atoms with Gasteiger partial charge in [-0.05, 0) is 37.8 Å². The third-order valence-corrected chi connectivity index (χ3v) is 5.23. The smallest absolute Gasteiger partial charge is 0.225 e. The van der Waals surface area contributed by atoms with Crippen molar-refractivity contribution in [2.45, 2.75) is 50.7 Å². The second kappa shape index (κ2) is 7.93. The summed E-state index contributed by atoms with van der Waals surface area (Å²) in [6, 6.07) is 11.6. The number of likely N-dealkylation sites (tertiary alicyclic amines) is 2. The number of methoxy groups -OCH3 is 1. The van der Waals surface area contributed by atoms with Gasteiger partial charge in [0.2, 0.25) is 5.91 Å². The molecule has 2 atom stereocenters. The molecule has 0 aromatic heterocycles. The van der Waals surface area contributed by atoms with E-state index in [4.69, 9.17) is 4.74 Å². The Kier molecular flexibility index (Phi) is 5.68. The fourth-order valence-corrected chi connectivity index (χ4v) is 4.14. The summed E-state index contributed by atoms with van der Waals surface area (Å²) >= 11 is 0. The van der Waals surface area contributed by atoms with E-state index < -0.39 is 0 Å². The lowest BCUT2D eigenvalue weighted by Gasteiger charge is -2.35. The lowest BCUT2D eigenvalue weighted by Crippen LogP contribution is -2.48. The van der Waals surface area contributed by atoms with Crippen LogP contribution in [0.15, 0.2) is 30.3 Å². The molecule has 1 amide bonds. The first-order valence-corrected chi connectivity index (χ1v) is 8.86. The Hall–Kier alpha value is -1.39. The first kappa shape index (κ1) is 16.5. The van der Waals surface area contributed by atoms with Gasteiger partial charge in [-0.25, -0.2) is 0 Å². The van der Waals surface area contributed by atoms with Gasteiger partial charge in [-0.1, -0.05) is 30.3 Å². The van der Waals surface area contributed by atoms with Crippen LogP contribution in [0.3, 0.4) is 0 Å². The fourth-order valence-electron chi connectivity index (χ4n) is 4.14. The first-order valence-electron chi connectivity index (χ1n) is 8.86.